The van der Waals surface area contributed by atoms with Crippen LogP contribution in [0.4, 0.5) is 5.69 Å². The molecule has 1 nitrogen and oxygen atoms in total. The molecule has 0 bridgehead atoms. The summed E-state index contributed by atoms with van der Waals surface area (Å²) in [4.78, 5) is 2.48. The standard InChI is InChI=1S/C17H19N/c1-2-8-17(9-3-1)18-12-10-16(11-13-18)14-15-6-4-5-7-15/h1-9,14-15H,10-13H2. The van der Waals surface area contributed by atoms with Crippen molar-refractivity contribution in [2.75, 3.05) is 18.0 Å². The second-order valence-corrected chi connectivity index (χ2v) is 4.99. The van der Waals surface area contributed by atoms with Gasteiger partial charge in [0.2, 0.25) is 0 Å². The molecule has 0 atom stereocenters. The lowest BCUT2D eigenvalue weighted by molar-refractivity contribution is 0.679. The molecule has 0 saturated carbocycles. The summed E-state index contributed by atoms with van der Waals surface area (Å²) < 4.78 is 0. The summed E-state index contributed by atoms with van der Waals surface area (Å²) in [6, 6.07) is 10.7. The van der Waals surface area contributed by atoms with Gasteiger partial charge in [0.05, 0.1) is 0 Å². The predicted molar refractivity (Wildman–Crippen MR) is 77.7 cm³/mol. The van der Waals surface area contributed by atoms with Crippen LogP contribution in [0, 0.1) is 5.92 Å². The Kier molecular flexibility index (Phi) is 3.31. The Bertz CT molecular complexity index is 460. The first-order valence-corrected chi connectivity index (χ1v) is 6.76. The number of rotatable bonds is 2. The molecular formula is C17H19N. The minimum atomic E-state index is 0.545. The van der Waals surface area contributed by atoms with E-state index in [1.165, 1.54) is 18.5 Å². The third-order valence-electron chi connectivity index (χ3n) is 3.73. The van der Waals surface area contributed by atoms with Gasteiger partial charge in [0.1, 0.15) is 0 Å². The van der Waals surface area contributed by atoms with E-state index < -0.39 is 0 Å². The molecule has 3 rings (SSSR count). The first-order valence-electron chi connectivity index (χ1n) is 6.76. The maximum absolute atomic E-state index is 2.48. The van der Waals surface area contributed by atoms with Crippen molar-refractivity contribution in [2.45, 2.75) is 12.8 Å². The van der Waals surface area contributed by atoms with Crippen molar-refractivity contribution in [1.29, 1.82) is 0 Å². The molecule has 2 aliphatic rings. The highest BCUT2D eigenvalue weighted by Crippen LogP contribution is 2.24. The molecule has 0 radical (unpaired) electrons. The number of nitrogens with zero attached hydrogens (tertiary/aromatic N) is 1. The molecule has 1 heteroatoms. The molecule has 0 N–H and O–H groups in total. The molecule has 1 fully saturated rings. The van der Waals surface area contributed by atoms with Gasteiger partial charge in [-0.25, -0.2) is 0 Å². The number of anilines is 1. The minimum absolute atomic E-state index is 0.545. The maximum atomic E-state index is 2.48. The van der Waals surface area contributed by atoms with Gasteiger partial charge in [0.25, 0.3) is 0 Å². The molecule has 1 aromatic carbocycles. The van der Waals surface area contributed by atoms with Crippen LogP contribution < -0.4 is 4.90 Å². The van der Waals surface area contributed by atoms with Gasteiger partial charge in [-0.1, -0.05) is 54.2 Å². The molecule has 0 amide bonds. The maximum Gasteiger partial charge on any atom is 0.0366 e. The van der Waals surface area contributed by atoms with E-state index in [-0.39, 0.29) is 0 Å². The lowest BCUT2D eigenvalue weighted by Gasteiger charge is -2.30. The van der Waals surface area contributed by atoms with E-state index in [1.807, 2.05) is 0 Å². The van der Waals surface area contributed by atoms with Crippen molar-refractivity contribution in [3.05, 3.63) is 66.3 Å². The summed E-state index contributed by atoms with van der Waals surface area (Å²) in [6.45, 7) is 2.30. The van der Waals surface area contributed by atoms with Crippen LogP contribution in [0.15, 0.2) is 66.3 Å². The van der Waals surface area contributed by atoms with Gasteiger partial charge in [-0.2, -0.15) is 0 Å². The predicted octanol–water partition coefficient (Wildman–Crippen LogP) is 3.96. The van der Waals surface area contributed by atoms with E-state index in [0.717, 1.165) is 13.1 Å². The van der Waals surface area contributed by atoms with Gasteiger partial charge < -0.3 is 4.90 Å². The normalized spacial score (nSPS) is 19.6. The van der Waals surface area contributed by atoms with Crippen LogP contribution in [0.5, 0.6) is 0 Å². The highest BCUT2D eigenvalue weighted by Gasteiger charge is 2.14. The van der Waals surface area contributed by atoms with Crippen LogP contribution in [0.3, 0.4) is 0 Å². The minimum Gasteiger partial charge on any atom is -0.371 e. The van der Waals surface area contributed by atoms with Crippen LogP contribution in [-0.4, -0.2) is 13.1 Å². The summed E-state index contributed by atoms with van der Waals surface area (Å²) in [5, 5.41) is 0. The third-order valence-corrected chi connectivity index (χ3v) is 3.73. The highest BCUT2D eigenvalue weighted by atomic mass is 15.1. The first kappa shape index (κ1) is 11.3. The molecule has 1 heterocycles. The molecule has 1 aromatic rings. The number of allylic oxidation sites excluding steroid dienone is 5. The van der Waals surface area contributed by atoms with Crippen molar-refractivity contribution in [3.8, 4) is 0 Å². The van der Waals surface area contributed by atoms with Crippen molar-refractivity contribution in [3.63, 3.8) is 0 Å². The van der Waals surface area contributed by atoms with Gasteiger partial charge >= 0.3 is 0 Å². The Balaban J connectivity index is 1.61. The Morgan fingerprint density at radius 1 is 0.944 bits per heavy atom. The van der Waals surface area contributed by atoms with Crippen LogP contribution in [0.25, 0.3) is 0 Å². The average molecular weight is 237 g/mol. The molecule has 1 saturated heterocycles. The molecule has 0 unspecified atom stereocenters. The Morgan fingerprint density at radius 3 is 2.28 bits per heavy atom. The van der Waals surface area contributed by atoms with Crippen molar-refractivity contribution < 1.29 is 0 Å². The molecule has 1 aliphatic heterocycles. The zero-order chi connectivity index (χ0) is 12.2. The molecular weight excluding hydrogens is 218 g/mol. The Hall–Kier alpha value is -1.76. The molecule has 92 valence electrons. The molecule has 0 spiro atoms. The SMILES string of the molecule is C1=CC(C=C2CCN(c3ccccc3)CC2)C=C1. The van der Waals surface area contributed by atoms with Crippen LogP contribution in [0.1, 0.15) is 12.8 Å². The molecule has 1 aliphatic carbocycles. The van der Waals surface area contributed by atoms with Crippen LogP contribution in [0.2, 0.25) is 0 Å². The zero-order valence-electron chi connectivity index (χ0n) is 10.6. The second kappa shape index (κ2) is 5.26. The van der Waals surface area contributed by atoms with Crippen molar-refractivity contribution in [1.82, 2.24) is 0 Å². The summed E-state index contributed by atoms with van der Waals surface area (Å²) in [5.41, 5.74) is 2.97. The number of hydrogen-bond acceptors (Lipinski definition) is 1. The summed E-state index contributed by atoms with van der Waals surface area (Å²) in [5.74, 6) is 0.545. The number of para-hydroxylation sites is 1. The quantitative estimate of drug-likeness (QED) is 0.704. The van der Waals surface area contributed by atoms with Gasteiger partial charge in [-0.3, -0.25) is 0 Å². The summed E-state index contributed by atoms with van der Waals surface area (Å²) >= 11 is 0. The zero-order valence-corrected chi connectivity index (χ0v) is 10.6. The summed E-state index contributed by atoms with van der Waals surface area (Å²) in [6.07, 6.45) is 13.6. The fraction of sp³-hybridized carbons (Fsp3) is 0.294. The third kappa shape index (κ3) is 2.56. The lowest BCUT2D eigenvalue weighted by Crippen LogP contribution is -2.30. The fourth-order valence-corrected chi connectivity index (χ4v) is 2.69. The van der Waals surface area contributed by atoms with Gasteiger partial charge in [-0.05, 0) is 25.0 Å². The van der Waals surface area contributed by atoms with Crippen molar-refractivity contribution in [2.24, 2.45) is 5.92 Å². The smallest absolute Gasteiger partial charge is 0.0366 e. The monoisotopic (exact) mass is 237 g/mol. The van der Waals surface area contributed by atoms with E-state index in [9.17, 15) is 0 Å². The first-order chi connectivity index (χ1) is 8.92. The van der Waals surface area contributed by atoms with E-state index in [4.69, 9.17) is 0 Å². The number of hydrogen-bond donors (Lipinski definition) is 0. The van der Waals surface area contributed by atoms with E-state index >= 15 is 0 Å². The molecule has 18 heavy (non-hydrogen) atoms. The van der Waals surface area contributed by atoms with E-state index in [0.29, 0.717) is 5.92 Å². The average Bonchev–Trinajstić information content (AvgIpc) is 2.94. The topological polar surface area (TPSA) is 3.24 Å². The lowest BCUT2D eigenvalue weighted by atomic mass is 9.98. The van der Waals surface area contributed by atoms with E-state index in [2.05, 4.69) is 65.6 Å². The highest BCUT2D eigenvalue weighted by molar-refractivity contribution is 5.47. The number of piperidine rings is 1. The Morgan fingerprint density at radius 2 is 1.61 bits per heavy atom. The summed E-state index contributed by atoms with van der Waals surface area (Å²) in [7, 11) is 0. The van der Waals surface area contributed by atoms with Gasteiger partial charge in [-0.15, -0.1) is 0 Å². The largest absolute Gasteiger partial charge is 0.371 e. The number of benzene rings is 1. The van der Waals surface area contributed by atoms with E-state index in [1.54, 1.807) is 5.57 Å². The fourth-order valence-electron chi connectivity index (χ4n) is 2.69. The van der Waals surface area contributed by atoms with Gasteiger partial charge in [0, 0.05) is 24.7 Å². The Labute approximate surface area is 109 Å². The second-order valence-electron chi connectivity index (χ2n) is 4.99. The van der Waals surface area contributed by atoms with Crippen LogP contribution in [-0.2, 0) is 0 Å². The van der Waals surface area contributed by atoms with Crippen LogP contribution >= 0.6 is 0 Å². The van der Waals surface area contributed by atoms with Gasteiger partial charge in [0.15, 0.2) is 0 Å². The molecule has 0 aromatic heterocycles. The van der Waals surface area contributed by atoms with Crippen molar-refractivity contribution >= 4 is 5.69 Å².